The van der Waals surface area contributed by atoms with Gasteiger partial charge in [0.1, 0.15) is 30.3 Å². The van der Waals surface area contributed by atoms with Gasteiger partial charge in [-0.15, -0.1) is 0 Å². The fraction of sp³-hybridized carbons (Fsp3) is 0.250. The number of anilines is 2. The predicted octanol–water partition coefficient (Wildman–Crippen LogP) is 7.17. The maximum absolute atomic E-state index is 13.5. The number of likely N-dealkylation sites (N-methyl/N-ethyl adjacent to an activating group) is 1. The average Bonchev–Trinajstić information content (AvgIpc) is 3.46. The summed E-state index contributed by atoms with van der Waals surface area (Å²) in [6.07, 6.45) is 1.54. The minimum absolute atomic E-state index is 0.219. The molecule has 0 amide bonds. The molecule has 0 aliphatic carbocycles. The molecule has 0 aliphatic heterocycles. The molecule has 7 nitrogen and oxygen atoms in total. The number of aromatic amines is 1. The van der Waals surface area contributed by atoms with E-state index < -0.39 is 0 Å². The maximum Gasteiger partial charge on any atom is 0.141 e. The zero-order chi connectivity index (χ0) is 28.6. The number of rotatable bonds is 13. The van der Waals surface area contributed by atoms with Crippen LogP contribution in [0.1, 0.15) is 25.1 Å². The van der Waals surface area contributed by atoms with Crippen LogP contribution in [0.15, 0.2) is 79.1 Å². The van der Waals surface area contributed by atoms with Gasteiger partial charge >= 0.3 is 0 Å². The number of nitrogens with one attached hydrogen (secondary N) is 3. The second-order valence-electron chi connectivity index (χ2n) is 9.74. The molecular formula is C32H34ClFN6O. The first-order chi connectivity index (χ1) is 20.0. The van der Waals surface area contributed by atoms with Gasteiger partial charge in [0.05, 0.1) is 10.5 Å². The summed E-state index contributed by atoms with van der Waals surface area (Å²) >= 11 is 6.51. The highest BCUT2D eigenvalue weighted by Gasteiger charge is 2.10. The monoisotopic (exact) mass is 572 g/mol. The van der Waals surface area contributed by atoms with Gasteiger partial charge in [-0.25, -0.2) is 14.4 Å². The van der Waals surface area contributed by atoms with E-state index in [-0.39, 0.29) is 12.4 Å². The number of nitrogens with zero attached hydrogens (tertiary/aromatic N) is 3. The van der Waals surface area contributed by atoms with Gasteiger partial charge in [-0.1, -0.05) is 43.6 Å². The zero-order valence-electron chi connectivity index (χ0n) is 23.3. The lowest BCUT2D eigenvalue weighted by molar-refractivity contribution is 0.302. The molecule has 3 aromatic carbocycles. The van der Waals surface area contributed by atoms with Gasteiger partial charge in [-0.3, -0.25) is 0 Å². The average molecular weight is 573 g/mol. The van der Waals surface area contributed by atoms with Crippen molar-refractivity contribution in [3.63, 3.8) is 0 Å². The zero-order valence-corrected chi connectivity index (χ0v) is 24.0. The quantitative estimate of drug-likeness (QED) is 0.130. The standard InChI is InChI=1S/C32H34ClFN6O/c1-3-40(4-2)15-14-35-19-26-9-12-29(38-26)23-8-11-30-27(17-23)32(37-21-36-30)39-25-10-13-31(28(33)18-25)41-20-22-6-5-7-24(34)16-22/h5-13,16-18,21,35,38H,3-4,14-15,19-20H2,1-2H3,(H,36,37,39). The minimum atomic E-state index is -0.299. The van der Waals surface area contributed by atoms with Crippen molar-refractivity contribution >= 4 is 34.0 Å². The summed E-state index contributed by atoms with van der Waals surface area (Å²) in [6.45, 7) is 9.50. The van der Waals surface area contributed by atoms with Gasteiger partial charge in [0.25, 0.3) is 0 Å². The van der Waals surface area contributed by atoms with E-state index in [1.165, 1.54) is 12.1 Å². The molecule has 0 saturated heterocycles. The summed E-state index contributed by atoms with van der Waals surface area (Å²) in [5.74, 6) is 0.889. The second kappa shape index (κ2) is 13.6. The molecule has 2 heterocycles. The third kappa shape index (κ3) is 7.41. The van der Waals surface area contributed by atoms with E-state index in [1.54, 1.807) is 30.6 Å². The first kappa shape index (κ1) is 28.5. The van der Waals surface area contributed by atoms with Crippen molar-refractivity contribution in [1.29, 1.82) is 0 Å². The number of H-pyrrole nitrogens is 1. The molecule has 0 aliphatic rings. The van der Waals surface area contributed by atoms with Crippen molar-refractivity contribution in [1.82, 2.24) is 25.2 Å². The second-order valence-corrected chi connectivity index (χ2v) is 10.2. The normalized spacial score (nSPS) is 11.3. The third-order valence-electron chi connectivity index (χ3n) is 6.99. The Bertz CT molecular complexity index is 1600. The van der Waals surface area contributed by atoms with Crippen LogP contribution in [0.4, 0.5) is 15.9 Å². The number of benzene rings is 3. The Kier molecular flexibility index (Phi) is 9.46. The summed E-state index contributed by atoms with van der Waals surface area (Å²) < 4.78 is 19.3. The molecule has 5 aromatic rings. The number of fused-ring (bicyclic) bond motifs is 1. The molecule has 0 radical (unpaired) electrons. The van der Waals surface area contributed by atoms with E-state index >= 15 is 0 Å². The van der Waals surface area contributed by atoms with Crippen molar-refractivity contribution in [2.45, 2.75) is 27.0 Å². The van der Waals surface area contributed by atoms with Gasteiger partial charge < -0.3 is 25.3 Å². The Hall–Kier alpha value is -3.98. The molecular weight excluding hydrogens is 539 g/mol. The highest BCUT2D eigenvalue weighted by molar-refractivity contribution is 6.32. The van der Waals surface area contributed by atoms with Crippen molar-refractivity contribution < 1.29 is 9.13 Å². The lowest BCUT2D eigenvalue weighted by Gasteiger charge is -2.17. The Morgan fingerprint density at radius 1 is 0.976 bits per heavy atom. The summed E-state index contributed by atoms with van der Waals surface area (Å²) in [6, 6.07) is 22.1. The highest BCUT2D eigenvalue weighted by atomic mass is 35.5. The predicted molar refractivity (Wildman–Crippen MR) is 164 cm³/mol. The van der Waals surface area contributed by atoms with Crippen LogP contribution >= 0.6 is 11.6 Å². The molecule has 0 atom stereocenters. The van der Waals surface area contributed by atoms with Gasteiger partial charge in [0.15, 0.2) is 0 Å². The van der Waals surface area contributed by atoms with Crippen LogP contribution in [-0.4, -0.2) is 46.0 Å². The van der Waals surface area contributed by atoms with Crippen molar-refractivity contribution in [3.8, 4) is 17.0 Å². The SMILES string of the molecule is CCN(CC)CCNCc1ccc(-c2ccc3ncnc(Nc4ccc(OCc5cccc(F)c5)c(Cl)c4)c3c2)[nH]1. The Morgan fingerprint density at radius 3 is 2.66 bits per heavy atom. The van der Waals surface area contributed by atoms with E-state index in [0.29, 0.717) is 16.6 Å². The first-order valence-electron chi connectivity index (χ1n) is 13.8. The third-order valence-corrected chi connectivity index (χ3v) is 7.28. The van der Waals surface area contributed by atoms with E-state index in [4.69, 9.17) is 16.3 Å². The largest absolute Gasteiger partial charge is 0.487 e. The molecule has 0 spiro atoms. The lowest BCUT2D eigenvalue weighted by Crippen LogP contribution is -2.31. The fourth-order valence-electron chi connectivity index (χ4n) is 4.66. The number of halogens is 2. The van der Waals surface area contributed by atoms with Crippen molar-refractivity contribution in [3.05, 3.63) is 101 Å². The van der Waals surface area contributed by atoms with Gasteiger partial charge in [-0.05, 0) is 78.8 Å². The molecule has 41 heavy (non-hydrogen) atoms. The minimum Gasteiger partial charge on any atom is -0.487 e. The first-order valence-corrected chi connectivity index (χ1v) is 14.2. The van der Waals surface area contributed by atoms with Crippen LogP contribution in [0.2, 0.25) is 5.02 Å². The lowest BCUT2D eigenvalue weighted by atomic mass is 10.1. The summed E-state index contributed by atoms with van der Waals surface area (Å²) in [5, 5.41) is 8.22. The molecule has 2 aromatic heterocycles. The Balaban J connectivity index is 1.27. The van der Waals surface area contributed by atoms with Gasteiger partial charge in [0.2, 0.25) is 0 Å². The van der Waals surface area contributed by atoms with Crippen LogP contribution in [0, 0.1) is 5.82 Å². The van der Waals surface area contributed by atoms with E-state index in [1.807, 2.05) is 12.1 Å². The molecule has 0 fully saturated rings. The fourth-order valence-corrected chi connectivity index (χ4v) is 4.89. The Morgan fingerprint density at radius 2 is 1.85 bits per heavy atom. The molecule has 0 unspecified atom stereocenters. The number of hydrogen-bond acceptors (Lipinski definition) is 6. The van der Waals surface area contributed by atoms with Crippen LogP contribution < -0.4 is 15.4 Å². The number of ether oxygens (including phenoxy) is 1. The van der Waals surface area contributed by atoms with Crippen LogP contribution in [0.5, 0.6) is 5.75 Å². The summed E-state index contributed by atoms with van der Waals surface area (Å²) in [5.41, 5.74) is 5.53. The molecule has 3 N–H and O–H groups in total. The van der Waals surface area contributed by atoms with E-state index in [9.17, 15) is 4.39 Å². The van der Waals surface area contributed by atoms with Crippen LogP contribution in [0.25, 0.3) is 22.2 Å². The van der Waals surface area contributed by atoms with E-state index in [2.05, 4.69) is 68.6 Å². The molecule has 5 rings (SSSR count). The van der Waals surface area contributed by atoms with Crippen LogP contribution in [0.3, 0.4) is 0 Å². The van der Waals surface area contributed by atoms with Crippen molar-refractivity contribution in [2.75, 3.05) is 31.5 Å². The number of aromatic nitrogens is 3. The highest BCUT2D eigenvalue weighted by Crippen LogP contribution is 2.32. The molecule has 0 bridgehead atoms. The number of hydrogen-bond donors (Lipinski definition) is 3. The molecule has 9 heteroatoms. The smallest absolute Gasteiger partial charge is 0.141 e. The van der Waals surface area contributed by atoms with Crippen LogP contribution in [-0.2, 0) is 13.2 Å². The molecule has 0 saturated carbocycles. The summed E-state index contributed by atoms with van der Waals surface area (Å²) in [7, 11) is 0. The summed E-state index contributed by atoms with van der Waals surface area (Å²) in [4.78, 5) is 14.9. The Labute approximate surface area is 244 Å². The maximum atomic E-state index is 13.5. The topological polar surface area (TPSA) is 78.1 Å². The van der Waals surface area contributed by atoms with Gasteiger partial charge in [0, 0.05) is 42.1 Å². The van der Waals surface area contributed by atoms with Gasteiger partial charge in [-0.2, -0.15) is 0 Å². The van der Waals surface area contributed by atoms with E-state index in [0.717, 1.165) is 71.8 Å². The van der Waals surface area contributed by atoms with Crippen molar-refractivity contribution in [2.24, 2.45) is 0 Å². The molecule has 212 valence electrons.